The van der Waals surface area contributed by atoms with Crippen LogP contribution in [0.5, 0.6) is 0 Å². The summed E-state index contributed by atoms with van der Waals surface area (Å²) in [5.41, 5.74) is 0. The summed E-state index contributed by atoms with van der Waals surface area (Å²) in [5, 5.41) is 0. The molecule has 0 saturated heterocycles. The fourth-order valence-electron chi connectivity index (χ4n) is 4.50. The van der Waals surface area contributed by atoms with Crippen molar-refractivity contribution in [1.29, 1.82) is 0 Å². The van der Waals surface area contributed by atoms with Gasteiger partial charge in [0, 0.05) is 0 Å². The van der Waals surface area contributed by atoms with Crippen molar-refractivity contribution in [1.82, 2.24) is 0 Å². The molecule has 16 heavy (non-hydrogen) atoms. The second kappa shape index (κ2) is 5.68. The number of rotatable bonds is 3. The second-order valence-electron chi connectivity index (χ2n) is 6.26. The maximum absolute atomic E-state index is 1.67. The molecule has 3 rings (SSSR count). The first-order valence-electron chi connectivity index (χ1n) is 7.72. The molecule has 1 heteroatoms. The zero-order chi connectivity index (χ0) is 10.8. The van der Waals surface area contributed by atoms with E-state index in [0.29, 0.717) is 0 Å². The number of hydrogen-bond acceptors (Lipinski definition) is 0. The molecule has 3 saturated carbocycles. The van der Waals surface area contributed by atoms with Gasteiger partial charge in [-0.25, -0.2) is 0 Å². The summed E-state index contributed by atoms with van der Waals surface area (Å²) in [6, 6.07) is 0. The average Bonchev–Trinajstić information content (AvgIpc) is 3.02. The van der Waals surface area contributed by atoms with Crippen molar-refractivity contribution >= 4 is 21.8 Å². The zero-order valence-electron chi connectivity index (χ0n) is 10.7. The van der Waals surface area contributed by atoms with E-state index in [9.17, 15) is 0 Å². The average molecular weight is 416 g/mol. The Morgan fingerprint density at radius 1 is 0.438 bits per heavy atom. The molecule has 0 unspecified atom stereocenters. The van der Waals surface area contributed by atoms with Crippen molar-refractivity contribution in [2.24, 2.45) is 0 Å². The fraction of sp³-hybridized carbons (Fsp3) is 1.00. The molecule has 3 aliphatic carbocycles. The minimum absolute atomic E-state index is 1.11. The molecule has 0 aromatic carbocycles. The molecule has 0 amide bonds. The summed E-state index contributed by atoms with van der Waals surface area (Å²) in [5.74, 6) is 0. The summed E-state index contributed by atoms with van der Waals surface area (Å²) >= 11 is -1.11. The van der Waals surface area contributed by atoms with Crippen LogP contribution in [0.3, 0.4) is 0 Å². The Kier molecular flexibility index (Phi) is 4.24. The van der Waals surface area contributed by atoms with E-state index < -0.39 is 21.8 Å². The predicted molar refractivity (Wildman–Crippen MR) is 72.4 cm³/mol. The van der Waals surface area contributed by atoms with Crippen molar-refractivity contribution in [2.45, 2.75) is 87.9 Å². The molecule has 0 radical (unpaired) electrons. The molecule has 0 aliphatic heterocycles. The van der Waals surface area contributed by atoms with Crippen molar-refractivity contribution in [3.8, 4) is 0 Å². The van der Waals surface area contributed by atoms with E-state index >= 15 is 0 Å². The molecule has 0 atom stereocenters. The van der Waals surface area contributed by atoms with E-state index in [2.05, 4.69) is 0 Å². The van der Waals surface area contributed by atoms with Crippen molar-refractivity contribution in [3.05, 3.63) is 0 Å². The van der Waals surface area contributed by atoms with Crippen LogP contribution in [0.1, 0.15) is 77.0 Å². The molecular formula is C15H27Bi. The molecule has 0 aromatic rings. The van der Waals surface area contributed by atoms with Crippen molar-refractivity contribution < 1.29 is 0 Å². The molecule has 3 aliphatic rings. The Morgan fingerprint density at radius 3 is 0.938 bits per heavy atom. The standard InChI is InChI=1S/3C5H9.Bi/c3*1-2-4-5-3-1;/h3*1H,2-5H2;. The van der Waals surface area contributed by atoms with Gasteiger partial charge in [-0.3, -0.25) is 0 Å². The van der Waals surface area contributed by atoms with Crippen LogP contribution in [0.25, 0.3) is 0 Å². The van der Waals surface area contributed by atoms with Gasteiger partial charge in [0.15, 0.2) is 0 Å². The van der Waals surface area contributed by atoms with E-state index in [-0.39, 0.29) is 0 Å². The van der Waals surface area contributed by atoms with Crippen LogP contribution in [0.15, 0.2) is 0 Å². The Hall–Kier alpha value is 0.883. The monoisotopic (exact) mass is 416 g/mol. The first kappa shape index (κ1) is 11.9. The Morgan fingerprint density at radius 2 is 0.688 bits per heavy atom. The van der Waals surface area contributed by atoms with Crippen LogP contribution in [0.2, 0.25) is 10.9 Å². The third-order valence-electron chi connectivity index (χ3n) is 5.24. The molecule has 0 nitrogen and oxygen atoms in total. The molecule has 3 fully saturated rings. The molecule has 0 N–H and O–H groups in total. The second-order valence-corrected chi connectivity index (χ2v) is 18.3. The van der Waals surface area contributed by atoms with Gasteiger partial charge < -0.3 is 0 Å². The third-order valence-corrected chi connectivity index (χ3v) is 21.1. The van der Waals surface area contributed by atoms with Crippen LogP contribution >= 0.6 is 0 Å². The van der Waals surface area contributed by atoms with Crippen LogP contribution in [0, 0.1) is 0 Å². The van der Waals surface area contributed by atoms with Crippen molar-refractivity contribution in [2.75, 3.05) is 0 Å². The SMILES string of the molecule is C1CC[CH]([Bi]([CH]2CCCC2)[CH]2CCCC2)C1. The summed E-state index contributed by atoms with van der Waals surface area (Å²) in [4.78, 5) is 0. The maximum atomic E-state index is 1.67. The summed E-state index contributed by atoms with van der Waals surface area (Å²) < 4.78 is 4.04. The first-order valence-corrected chi connectivity index (χ1v) is 13.7. The quantitative estimate of drug-likeness (QED) is 0.547. The van der Waals surface area contributed by atoms with E-state index in [1.165, 1.54) is 10.9 Å². The van der Waals surface area contributed by atoms with Crippen LogP contribution in [0.4, 0.5) is 0 Å². The molecular weight excluding hydrogens is 389 g/mol. The van der Waals surface area contributed by atoms with Gasteiger partial charge in [-0.15, -0.1) is 0 Å². The van der Waals surface area contributed by atoms with Gasteiger partial charge in [0.25, 0.3) is 0 Å². The summed E-state index contributed by atoms with van der Waals surface area (Å²) in [6.45, 7) is 0. The molecule has 0 spiro atoms. The first-order chi connectivity index (χ1) is 7.95. The predicted octanol–water partition coefficient (Wildman–Crippen LogP) is 5.31. The van der Waals surface area contributed by atoms with E-state index in [4.69, 9.17) is 0 Å². The van der Waals surface area contributed by atoms with Gasteiger partial charge in [-0.2, -0.15) is 0 Å². The Balaban J connectivity index is 1.70. The summed E-state index contributed by atoms with van der Waals surface area (Å²) in [7, 11) is 0. The Labute approximate surface area is 109 Å². The molecule has 92 valence electrons. The molecule has 0 bridgehead atoms. The topological polar surface area (TPSA) is 0 Å². The van der Waals surface area contributed by atoms with Gasteiger partial charge in [0.05, 0.1) is 0 Å². The molecule has 0 aromatic heterocycles. The fourth-order valence-corrected chi connectivity index (χ4v) is 22.7. The van der Waals surface area contributed by atoms with E-state index in [1.807, 2.05) is 0 Å². The van der Waals surface area contributed by atoms with Crippen LogP contribution in [-0.4, -0.2) is 21.8 Å². The van der Waals surface area contributed by atoms with Gasteiger partial charge in [-0.1, -0.05) is 0 Å². The van der Waals surface area contributed by atoms with E-state index in [1.54, 1.807) is 77.0 Å². The van der Waals surface area contributed by atoms with Crippen LogP contribution in [-0.2, 0) is 0 Å². The molecule has 0 heterocycles. The van der Waals surface area contributed by atoms with Gasteiger partial charge in [-0.05, 0) is 0 Å². The van der Waals surface area contributed by atoms with Crippen LogP contribution < -0.4 is 0 Å². The number of hydrogen-bond donors (Lipinski definition) is 0. The van der Waals surface area contributed by atoms with Gasteiger partial charge in [0.1, 0.15) is 0 Å². The minimum atomic E-state index is -1.11. The zero-order valence-corrected chi connectivity index (χ0v) is 14.1. The third kappa shape index (κ3) is 2.50. The van der Waals surface area contributed by atoms with E-state index in [0.717, 1.165) is 0 Å². The van der Waals surface area contributed by atoms with Crippen molar-refractivity contribution in [3.63, 3.8) is 0 Å². The van der Waals surface area contributed by atoms with Gasteiger partial charge >= 0.3 is 110 Å². The van der Waals surface area contributed by atoms with Gasteiger partial charge in [0.2, 0.25) is 0 Å². The normalized spacial score (nSPS) is 29.8. The Bertz CT molecular complexity index is 169. The summed E-state index contributed by atoms with van der Waals surface area (Å²) in [6.07, 6.45) is 19.6.